The lowest BCUT2D eigenvalue weighted by Gasteiger charge is -2.05. The van der Waals surface area contributed by atoms with Gasteiger partial charge in [-0.05, 0) is 36.4 Å². The van der Waals surface area contributed by atoms with Crippen molar-refractivity contribution in [3.05, 3.63) is 65.8 Å². The van der Waals surface area contributed by atoms with Crippen molar-refractivity contribution >= 4 is 17.7 Å². The molecule has 0 bridgehead atoms. The predicted molar refractivity (Wildman–Crippen MR) is 96.3 cm³/mol. The van der Waals surface area contributed by atoms with Crippen LogP contribution in [0.15, 0.2) is 57.9 Å². The standard InChI is InChI=1S/C19H14F4N2O3S/c20-14-5-7-15(8-6-14)29-10-9-17(26)27-11-16-24-18(25-28-16)12-1-3-13(4-2-12)19(21,22)23/h1-8H,9-11H2. The second-order valence-electron chi connectivity index (χ2n) is 5.80. The van der Waals surface area contributed by atoms with Crippen molar-refractivity contribution in [3.8, 4) is 11.4 Å². The molecule has 0 N–H and O–H groups in total. The van der Waals surface area contributed by atoms with E-state index in [9.17, 15) is 22.4 Å². The molecule has 0 amide bonds. The van der Waals surface area contributed by atoms with Crippen molar-refractivity contribution < 1.29 is 31.6 Å². The first-order valence-electron chi connectivity index (χ1n) is 8.35. The smallest absolute Gasteiger partial charge is 0.416 e. The van der Waals surface area contributed by atoms with Crippen LogP contribution in [-0.4, -0.2) is 21.9 Å². The number of nitrogens with zero attached hydrogens (tertiary/aromatic N) is 2. The molecule has 2 aromatic carbocycles. The SMILES string of the molecule is O=C(CCSc1ccc(F)cc1)OCc1nc(-c2ccc(C(F)(F)F)cc2)no1. The minimum Gasteiger partial charge on any atom is -0.456 e. The van der Waals surface area contributed by atoms with Crippen LogP contribution in [0.5, 0.6) is 0 Å². The van der Waals surface area contributed by atoms with E-state index in [2.05, 4.69) is 10.1 Å². The van der Waals surface area contributed by atoms with Crippen molar-refractivity contribution in [3.63, 3.8) is 0 Å². The van der Waals surface area contributed by atoms with Crippen LogP contribution in [0.25, 0.3) is 11.4 Å². The molecule has 0 atom stereocenters. The molecule has 1 aromatic heterocycles. The van der Waals surface area contributed by atoms with E-state index in [1.807, 2.05) is 0 Å². The minimum absolute atomic E-state index is 0.0273. The summed E-state index contributed by atoms with van der Waals surface area (Å²) in [5.74, 6) is -0.237. The first-order chi connectivity index (χ1) is 13.8. The maximum absolute atomic E-state index is 12.8. The average molecular weight is 426 g/mol. The molecule has 1 heterocycles. The summed E-state index contributed by atoms with van der Waals surface area (Å²) in [5, 5.41) is 3.67. The van der Waals surface area contributed by atoms with Gasteiger partial charge in [0.05, 0.1) is 12.0 Å². The Hall–Kier alpha value is -2.88. The third-order valence-electron chi connectivity index (χ3n) is 3.68. The predicted octanol–water partition coefficient (Wildman–Crippen LogP) is 5.12. The summed E-state index contributed by atoms with van der Waals surface area (Å²) >= 11 is 1.38. The summed E-state index contributed by atoms with van der Waals surface area (Å²) in [5.41, 5.74) is -0.438. The molecule has 29 heavy (non-hydrogen) atoms. The summed E-state index contributed by atoms with van der Waals surface area (Å²) in [6.07, 6.45) is -4.30. The number of carbonyl (C=O) groups is 1. The third kappa shape index (κ3) is 6.05. The van der Waals surface area contributed by atoms with Gasteiger partial charge in [0.15, 0.2) is 6.61 Å². The van der Waals surface area contributed by atoms with E-state index in [4.69, 9.17) is 9.26 Å². The van der Waals surface area contributed by atoms with Crippen LogP contribution in [0.1, 0.15) is 17.9 Å². The highest BCUT2D eigenvalue weighted by atomic mass is 32.2. The van der Waals surface area contributed by atoms with Gasteiger partial charge in [-0.3, -0.25) is 4.79 Å². The molecule has 0 saturated carbocycles. The number of alkyl halides is 3. The summed E-state index contributed by atoms with van der Waals surface area (Å²) in [7, 11) is 0. The molecule has 152 valence electrons. The molecule has 0 spiro atoms. The van der Waals surface area contributed by atoms with Gasteiger partial charge in [-0.2, -0.15) is 18.2 Å². The van der Waals surface area contributed by atoms with E-state index in [0.717, 1.165) is 17.0 Å². The molecule has 0 saturated heterocycles. The van der Waals surface area contributed by atoms with Gasteiger partial charge in [0, 0.05) is 16.2 Å². The Morgan fingerprint density at radius 3 is 2.41 bits per heavy atom. The minimum atomic E-state index is -4.43. The fraction of sp³-hybridized carbons (Fsp3) is 0.211. The number of hydrogen-bond donors (Lipinski definition) is 0. The van der Waals surface area contributed by atoms with Gasteiger partial charge >= 0.3 is 12.1 Å². The highest BCUT2D eigenvalue weighted by Gasteiger charge is 2.30. The Labute approximate surface area is 167 Å². The number of aromatic nitrogens is 2. The highest BCUT2D eigenvalue weighted by Crippen LogP contribution is 2.30. The number of carbonyl (C=O) groups excluding carboxylic acids is 1. The number of ether oxygens (including phenoxy) is 1. The number of halogens is 4. The first kappa shape index (κ1) is 20.8. The van der Waals surface area contributed by atoms with Gasteiger partial charge in [-0.15, -0.1) is 11.8 Å². The summed E-state index contributed by atoms with van der Waals surface area (Å²) in [4.78, 5) is 16.6. The third-order valence-corrected chi connectivity index (χ3v) is 4.70. The van der Waals surface area contributed by atoms with E-state index in [-0.39, 0.29) is 30.6 Å². The zero-order valence-corrected chi connectivity index (χ0v) is 15.6. The lowest BCUT2D eigenvalue weighted by atomic mass is 10.1. The van der Waals surface area contributed by atoms with Crippen LogP contribution in [-0.2, 0) is 22.3 Å². The Bertz CT molecular complexity index is 957. The lowest BCUT2D eigenvalue weighted by Crippen LogP contribution is -2.05. The second-order valence-corrected chi connectivity index (χ2v) is 6.97. The van der Waals surface area contributed by atoms with Crippen LogP contribution in [0.3, 0.4) is 0 Å². The Balaban J connectivity index is 1.46. The van der Waals surface area contributed by atoms with Crippen molar-refractivity contribution in [2.24, 2.45) is 0 Å². The second kappa shape index (κ2) is 9.08. The van der Waals surface area contributed by atoms with Crippen molar-refractivity contribution in [2.75, 3.05) is 5.75 Å². The molecule has 5 nitrogen and oxygen atoms in total. The van der Waals surface area contributed by atoms with Gasteiger partial charge in [0.1, 0.15) is 5.82 Å². The van der Waals surface area contributed by atoms with E-state index >= 15 is 0 Å². The van der Waals surface area contributed by atoms with E-state index in [1.165, 1.54) is 36.0 Å². The number of esters is 1. The van der Waals surface area contributed by atoms with Crippen LogP contribution >= 0.6 is 11.8 Å². The molecule has 0 aliphatic carbocycles. The molecule has 3 aromatic rings. The maximum Gasteiger partial charge on any atom is 0.416 e. The fourth-order valence-corrected chi connectivity index (χ4v) is 3.07. The number of rotatable bonds is 7. The van der Waals surface area contributed by atoms with Crippen molar-refractivity contribution in [2.45, 2.75) is 24.1 Å². The lowest BCUT2D eigenvalue weighted by molar-refractivity contribution is -0.145. The summed E-state index contributed by atoms with van der Waals surface area (Å²) in [6, 6.07) is 10.2. The summed E-state index contributed by atoms with van der Waals surface area (Å²) < 4.78 is 60.6. The average Bonchev–Trinajstić information content (AvgIpc) is 3.16. The number of benzene rings is 2. The first-order valence-corrected chi connectivity index (χ1v) is 9.34. The quantitative estimate of drug-likeness (QED) is 0.297. The molecule has 0 aliphatic heterocycles. The zero-order chi connectivity index (χ0) is 20.9. The molecule has 0 aliphatic rings. The van der Waals surface area contributed by atoms with Gasteiger partial charge in [-0.25, -0.2) is 4.39 Å². The van der Waals surface area contributed by atoms with E-state index in [0.29, 0.717) is 11.3 Å². The molecule has 3 rings (SSSR count). The topological polar surface area (TPSA) is 65.2 Å². The van der Waals surface area contributed by atoms with Crippen LogP contribution in [0.2, 0.25) is 0 Å². The van der Waals surface area contributed by atoms with Crippen molar-refractivity contribution in [1.82, 2.24) is 10.1 Å². The normalized spacial score (nSPS) is 11.4. The Morgan fingerprint density at radius 1 is 1.07 bits per heavy atom. The van der Waals surface area contributed by atoms with Crippen molar-refractivity contribution in [1.29, 1.82) is 0 Å². The monoisotopic (exact) mass is 426 g/mol. The molecule has 10 heteroatoms. The fourth-order valence-electron chi connectivity index (χ4n) is 2.24. The summed E-state index contributed by atoms with van der Waals surface area (Å²) in [6.45, 7) is -0.242. The maximum atomic E-state index is 12.8. The Kier molecular flexibility index (Phi) is 6.53. The van der Waals surface area contributed by atoms with Crippen LogP contribution in [0, 0.1) is 5.82 Å². The Morgan fingerprint density at radius 2 is 1.76 bits per heavy atom. The molecule has 0 unspecified atom stereocenters. The number of thioether (sulfide) groups is 1. The molecular weight excluding hydrogens is 412 g/mol. The van der Waals surface area contributed by atoms with E-state index < -0.39 is 17.7 Å². The highest BCUT2D eigenvalue weighted by molar-refractivity contribution is 7.99. The molecule has 0 fully saturated rings. The molecule has 0 radical (unpaired) electrons. The van der Waals surface area contributed by atoms with Crippen LogP contribution < -0.4 is 0 Å². The van der Waals surface area contributed by atoms with Gasteiger partial charge < -0.3 is 9.26 Å². The zero-order valence-electron chi connectivity index (χ0n) is 14.8. The van der Waals surface area contributed by atoms with Gasteiger partial charge in [0.25, 0.3) is 5.89 Å². The largest absolute Gasteiger partial charge is 0.456 e. The molecular formula is C19H14F4N2O3S. The van der Waals surface area contributed by atoms with Gasteiger partial charge in [-0.1, -0.05) is 17.3 Å². The van der Waals surface area contributed by atoms with E-state index in [1.54, 1.807) is 12.1 Å². The van der Waals surface area contributed by atoms with Crippen LogP contribution in [0.4, 0.5) is 17.6 Å². The van der Waals surface area contributed by atoms with Gasteiger partial charge in [0.2, 0.25) is 5.82 Å². The number of hydrogen-bond acceptors (Lipinski definition) is 6.